The van der Waals surface area contributed by atoms with E-state index in [4.69, 9.17) is 4.52 Å². The van der Waals surface area contributed by atoms with Crippen molar-refractivity contribution < 1.29 is 9.32 Å². The third-order valence-electron chi connectivity index (χ3n) is 5.66. The molecule has 0 bridgehead atoms. The van der Waals surface area contributed by atoms with Crippen LogP contribution in [0.1, 0.15) is 71.5 Å². The van der Waals surface area contributed by atoms with Crippen LogP contribution in [0.25, 0.3) is 11.1 Å². The van der Waals surface area contributed by atoms with E-state index in [0.29, 0.717) is 17.2 Å². The van der Waals surface area contributed by atoms with Crippen molar-refractivity contribution in [2.24, 2.45) is 0 Å². The van der Waals surface area contributed by atoms with E-state index in [1.165, 1.54) is 0 Å². The van der Waals surface area contributed by atoms with E-state index in [-0.39, 0.29) is 11.9 Å². The quantitative estimate of drug-likeness (QED) is 0.699. The van der Waals surface area contributed by atoms with Gasteiger partial charge in [-0.15, -0.1) is 0 Å². The summed E-state index contributed by atoms with van der Waals surface area (Å²) in [6, 6.07) is 7.89. The first-order valence-corrected chi connectivity index (χ1v) is 9.71. The zero-order valence-corrected chi connectivity index (χ0v) is 15.4. The molecule has 2 fully saturated rings. The fourth-order valence-corrected chi connectivity index (χ4v) is 4.08. The molecule has 3 aromatic rings. The minimum Gasteiger partial charge on any atom is -0.336 e. The number of carbonyl (C=O) groups is 1. The number of pyridine rings is 2. The van der Waals surface area contributed by atoms with Gasteiger partial charge in [-0.25, -0.2) is 4.98 Å². The molecule has 0 unspecified atom stereocenters. The molecule has 0 radical (unpaired) electrons. The van der Waals surface area contributed by atoms with Crippen molar-refractivity contribution in [1.29, 1.82) is 0 Å². The van der Waals surface area contributed by atoms with Gasteiger partial charge in [0.15, 0.2) is 0 Å². The standard InChI is InChI=1S/C21H22N4O2/c1-13-19-15(12-17(14-8-9-14)23-20(19)27-24-13)21(26)25-11-5-3-7-18(25)16-6-2-4-10-22-16/h2,4,6,10,12,14,18H,3,5,7-9,11H2,1H3/t18-/m1/s1. The Balaban J connectivity index is 1.59. The topological polar surface area (TPSA) is 72.1 Å². The van der Waals surface area contributed by atoms with E-state index in [1.54, 1.807) is 6.20 Å². The molecule has 1 saturated carbocycles. The maximum absolute atomic E-state index is 13.6. The van der Waals surface area contributed by atoms with Crippen LogP contribution in [-0.2, 0) is 0 Å². The second-order valence-electron chi connectivity index (χ2n) is 7.58. The average molecular weight is 362 g/mol. The Hall–Kier alpha value is -2.76. The number of aromatic nitrogens is 3. The summed E-state index contributed by atoms with van der Waals surface area (Å²) in [6.07, 6.45) is 7.11. The number of aryl methyl sites for hydroxylation is 1. The molecule has 0 spiro atoms. The van der Waals surface area contributed by atoms with Crippen molar-refractivity contribution >= 4 is 17.0 Å². The van der Waals surface area contributed by atoms with Crippen molar-refractivity contribution in [2.75, 3.05) is 6.54 Å². The normalized spacial score (nSPS) is 20.2. The molecule has 2 aliphatic rings. The second-order valence-corrected chi connectivity index (χ2v) is 7.58. The molecule has 1 aliphatic heterocycles. The van der Waals surface area contributed by atoms with E-state index >= 15 is 0 Å². The molecular weight excluding hydrogens is 340 g/mol. The van der Waals surface area contributed by atoms with Gasteiger partial charge in [0.25, 0.3) is 11.6 Å². The number of rotatable bonds is 3. The number of nitrogens with zero attached hydrogens (tertiary/aromatic N) is 4. The van der Waals surface area contributed by atoms with Crippen molar-refractivity contribution in [1.82, 2.24) is 20.0 Å². The van der Waals surface area contributed by atoms with Gasteiger partial charge in [-0.2, -0.15) is 0 Å². The first-order valence-electron chi connectivity index (χ1n) is 9.71. The van der Waals surface area contributed by atoms with Crippen LogP contribution in [0.3, 0.4) is 0 Å². The molecule has 1 saturated heterocycles. The molecular formula is C21H22N4O2. The Bertz CT molecular complexity index is 994. The van der Waals surface area contributed by atoms with Crippen LogP contribution in [0.15, 0.2) is 35.0 Å². The largest absolute Gasteiger partial charge is 0.336 e. The van der Waals surface area contributed by atoms with Crippen molar-refractivity contribution in [3.63, 3.8) is 0 Å². The molecule has 27 heavy (non-hydrogen) atoms. The van der Waals surface area contributed by atoms with Gasteiger partial charge in [0, 0.05) is 24.4 Å². The highest BCUT2D eigenvalue weighted by Crippen LogP contribution is 2.41. The molecule has 1 aliphatic carbocycles. The maximum atomic E-state index is 13.6. The maximum Gasteiger partial charge on any atom is 0.259 e. The number of fused-ring (bicyclic) bond motifs is 1. The Kier molecular flexibility index (Phi) is 3.92. The molecule has 6 heteroatoms. The van der Waals surface area contributed by atoms with Crippen LogP contribution in [0.4, 0.5) is 0 Å². The van der Waals surface area contributed by atoms with Crippen LogP contribution in [0.5, 0.6) is 0 Å². The van der Waals surface area contributed by atoms with Crippen LogP contribution >= 0.6 is 0 Å². The van der Waals surface area contributed by atoms with Crippen LogP contribution < -0.4 is 0 Å². The van der Waals surface area contributed by atoms with Crippen LogP contribution in [0, 0.1) is 6.92 Å². The fraction of sp³-hybridized carbons (Fsp3) is 0.429. The predicted octanol–water partition coefficient (Wildman–Crippen LogP) is 4.17. The summed E-state index contributed by atoms with van der Waals surface area (Å²) >= 11 is 0. The van der Waals surface area contributed by atoms with E-state index in [2.05, 4.69) is 15.1 Å². The van der Waals surface area contributed by atoms with Gasteiger partial charge in [-0.1, -0.05) is 11.2 Å². The average Bonchev–Trinajstić information content (AvgIpc) is 3.51. The van der Waals surface area contributed by atoms with Crippen molar-refractivity contribution in [3.8, 4) is 0 Å². The van der Waals surface area contributed by atoms with Gasteiger partial charge >= 0.3 is 0 Å². The van der Waals surface area contributed by atoms with Crippen molar-refractivity contribution in [2.45, 2.75) is 51.0 Å². The summed E-state index contributed by atoms with van der Waals surface area (Å²) in [5, 5.41) is 4.81. The zero-order valence-electron chi connectivity index (χ0n) is 15.4. The van der Waals surface area contributed by atoms with Gasteiger partial charge in [0.1, 0.15) is 0 Å². The van der Waals surface area contributed by atoms with E-state index in [1.807, 2.05) is 36.1 Å². The Morgan fingerprint density at radius 1 is 1.19 bits per heavy atom. The first kappa shape index (κ1) is 16.4. The number of hydrogen-bond donors (Lipinski definition) is 0. The lowest BCUT2D eigenvalue weighted by Crippen LogP contribution is -2.39. The fourth-order valence-electron chi connectivity index (χ4n) is 4.08. The highest BCUT2D eigenvalue weighted by atomic mass is 16.5. The summed E-state index contributed by atoms with van der Waals surface area (Å²) in [5.74, 6) is 0.477. The van der Waals surface area contributed by atoms with E-state index in [9.17, 15) is 4.79 Å². The van der Waals surface area contributed by atoms with Gasteiger partial charge in [-0.05, 0) is 57.2 Å². The number of likely N-dealkylation sites (tertiary alicyclic amines) is 1. The Labute approximate surface area is 157 Å². The molecule has 4 heterocycles. The van der Waals surface area contributed by atoms with Gasteiger partial charge in [0.05, 0.1) is 28.4 Å². The number of hydrogen-bond acceptors (Lipinski definition) is 5. The minimum absolute atomic E-state index is 0.0141. The minimum atomic E-state index is 0.0141. The summed E-state index contributed by atoms with van der Waals surface area (Å²) in [4.78, 5) is 24.7. The summed E-state index contributed by atoms with van der Waals surface area (Å²) in [6.45, 7) is 2.61. The van der Waals surface area contributed by atoms with E-state index in [0.717, 1.165) is 61.1 Å². The third kappa shape index (κ3) is 2.89. The zero-order chi connectivity index (χ0) is 18.4. The monoisotopic (exact) mass is 362 g/mol. The molecule has 1 atom stereocenters. The second kappa shape index (κ2) is 6.44. The number of piperidine rings is 1. The molecule has 3 aromatic heterocycles. The SMILES string of the molecule is Cc1noc2nc(C3CC3)cc(C(=O)N3CCCC[C@@H]3c3ccccn3)c12. The predicted molar refractivity (Wildman–Crippen MR) is 100 cm³/mol. The molecule has 0 aromatic carbocycles. The number of carbonyl (C=O) groups excluding carboxylic acids is 1. The molecule has 5 rings (SSSR count). The highest BCUT2D eigenvalue weighted by Gasteiger charge is 2.33. The molecule has 0 N–H and O–H groups in total. The van der Waals surface area contributed by atoms with Gasteiger partial charge in [0.2, 0.25) is 0 Å². The first-order chi connectivity index (χ1) is 13.2. The lowest BCUT2D eigenvalue weighted by molar-refractivity contribution is 0.0608. The number of amides is 1. The molecule has 6 nitrogen and oxygen atoms in total. The summed E-state index contributed by atoms with van der Waals surface area (Å²) in [5.41, 5.74) is 3.78. The lowest BCUT2D eigenvalue weighted by Gasteiger charge is -2.35. The Morgan fingerprint density at radius 3 is 2.85 bits per heavy atom. The highest BCUT2D eigenvalue weighted by molar-refractivity contribution is 6.06. The van der Waals surface area contributed by atoms with Crippen LogP contribution in [0.2, 0.25) is 0 Å². The Morgan fingerprint density at radius 2 is 2.07 bits per heavy atom. The van der Waals surface area contributed by atoms with E-state index < -0.39 is 0 Å². The smallest absolute Gasteiger partial charge is 0.259 e. The molecule has 138 valence electrons. The van der Waals surface area contributed by atoms with Crippen LogP contribution in [-0.4, -0.2) is 32.5 Å². The lowest BCUT2D eigenvalue weighted by atomic mass is 9.97. The van der Waals surface area contributed by atoms with Gasteiger partial charge < -0.3 is 9.42 Å². The summed E-state index contributed by atoms with van der Waals surface area (Å²) in [7, 11) is 0. The van der Waals surface area contributed by atoms with Gasteiger partial charge in [-0.3, -0.25) is 9.78 Å². The molecule has 1 amide bonds. The summed E-state index contributed by atoms with van der Waals surface area (Å²) < 4.78 is 5.41. The van der Waals surface area contributed by atoms with Crippen molar-refractivity contribution in [3.05, 3.63) is 53.1 Å². The third-order valence-corrected chi connectivity index (χ3v) is 5.66.